The summed E-state index contributed by atoms with van der Waals surface area (Å²) in [6.07, 6.45) is 4.31. The average Bonchev–Trinajstić information content (AvgIpc) is 2.46. The maximum Gasteiger partial charge on any atom is 0.335 e. The summed E-state index contributed by atoms with van der Waals surface area (Å²) < 4.78 is 4.75. The van der Waals surface area contributed by atoms with E-state index in [1.54, 1.807) is 0 Å². The van der Waals surface area contributed by atoms with E-state index in [0.29, 0.717) is 18.0 Å². The molecule has 104 valence electrons. The Labute approximate surface area is 112 Å². The summed E-state index contributed by atoms with van der Waals surface area (Å²) in [7, 11) is 0. The quantitative estimate of drug-likeness (QED) is 0.890. The van der Waals surface area contributed by atoms with E-state index >= 15 is 0 Å². The summed E-state index contributed by atoms with van der Waals surface area (Å²) in [6.45, 7) is 3.36. The number of nitrogens with two attached hydrogens (primary N) is 1. The summed E-state index contributed by atoms with van der Waals surface area (Å²) in [5, 5.41) is 0. The Kier molecular flexibility index (Phi) is 4.37. The summed E-state index contributed by atoms with van der Waals surface area (Å²) in [5.41, 5.74) is 5.75. The summed E-state index contributed by atoms with van der Waals surface area (Å²) in [6, 6.07) is 2.86. The van der Waals surface area contributed by atoms with Crippen LogP contribution < -0.4 is 11.4 Å². The number of carbonyl (C=O) groups is 1. The number of amides is 1. The highest BCUT2D eigenvalue weighted by atomic mass is 16.4. The molecule has 0 radical (unpaired) electrons. The third kappa shape index (κ3) is 3.04. The lowest BCUT2D eigenvalue weighted by Crippen LogP contribution is -2.49. The van der Waals surface area contributed by atoms with Gasteiger partial charge in [-0.3, -0.25) is 4.79 Å². The zero-order valence-corrected chi connectivity index (χ0v) is 11.2. The molecule has 1 aliphatic rings. The number of carbonyl (C=O) groups excluding carboxylic acids is 1. The fourth-order valence-corrected chi connectivity index (χ4v) is 2.64. The van der Waals surface area contributed by atoms with Gasteiger partial charge >= 0.3 is 5.63 Å². The number of piperidine rings is 1. The molecule has 19 heavy (non-hydrogen) atoms. The van der Waals surface area contributed by atoms with Crippen molar-refractivity contribution in [2.75, 3.05) is 13.1 Å². The number of hydrogen-bond acceptors (Lipinski definition) is 4. The molecule has 1 aliphatic heterocycles. The average molecular weight is 264 g/mol. The Hall–Kier alpha value is -1.62. The van der Waals surface area contributed by atoms with Crippen molar-refractivity contribution in [2.24, 2.45) is 11.7 Å². The first-order valence-electron chi connectivity index (χ1n) is 6.75. The molecule has 2 rings (SSSR count). The van der Waals surface area contributed by atoms with Crippen LogP contribution in [0.15, 0.2) is 27.6 Å². The van der Waals surface area contributed by atoms with E-state index in [9.17, 15) is 9.59 Å². The van der Waals surface area contributed by atoms with Crippen LogP contribution in [-0.2, 0) is 0 Å². The predicted octanol–water partition coefficient (Wildman–Crippen LogP) is 1.23. The molecule has 0 spiro atoms. The zero-order valence-electron chi connectivity index (χ0n) is 11.2. The van der Waals surface area contributed by atoms with E-state index in [0.717, 1.165) is 25.8 Å². The largest absolute Gasteiger partial charge is 0.430 e. The first kappa shape index (κ1) is 13.8. The third-order valence-corrected chi connectivity index (χ3v) is 3.88. The number of hydrogen-bond donors (Lipinski definition) is 1. The van der Waals surface area contributed by atoms with Crippen molar-refractivity contribution in [2.45, 2.75) is 32.2 Å². The van der Waals surface area contributed by atoms with Crippen molar-refractivity contribution in [3.8, 4) is 0 Å². The molecule has 1 aromatic heterocycles. The lowest BCUT2D eigenvalue weighted by molar-refractivity contribution is 0.0556. The maximum absolute atomic E-state index is 12.4. The second kappa shape index (κ2) is 6.02. The van der Waals surface area contributed by atoms with Gasteiger partial charge in [-0.05, 0) is 24.8 Å². The van der Waals surface area contributed by atoms with Crippen LogP contribution in [0.5, 0.6) is 0 Å². The van der Waals surface area contributed by atoms with Gasteiger partial charge in [0.2, 0.25) is 0 Å². The molecular weight excluding hydrogens is 244 g/mol. The molecule has 5 heteroatoms. The van der Waals surface area contributed by atoms with Crippen molar-refractivity contribution in [3.05, 3.63) is 34.4 Å². The van der Waals surface area contributed by atoms with Crippen LogP contribution >= 0.6 is 0 Å². The number of likely N-dealkylation sites (tertiary alicyclic amines) is 1. The van der Waals surface area contributed by atoms with Gasteiger partial charge in [-0.1, -0.05) is 13.3 Å². The molecule has 2 unspecified atom stereocenters. The minimum Gasteiger partial charge on any atom is -0.430 e. The second-order valence-corrected chi connectivity index (χ2v) is 5.03. The molecule has 2 N–H and O–H groups in total. The Morgan fingerprint density at radius 2 is 2.32 bits per heavy atom. The molecule has 2 heterocycles. The Morgan fingerprint density at radius 1 is 1.53 bits per heavy atom. The van der Waals surface area contributed by atoms with Gasteiger partial charge in [-0.2, -0.15) is 0 Å². The summed E-state index contributed by atoms with van der Waals surface area (Å²) in [5.74, 6) is 0.542. The molecule has 0 saturated carbocycles. The fraction of sp³-hybridized carbons (Fsp3) is 0.571. The van der Waals surface area contributed by atoms with Gasteiger partial charge < -0.3 is 15.1 Å². The van der Waals surface area contributed by atoms with E-state index in [2.05, 4.69) is 6.92 Å². The SMILES string of the molecule is CCC1CCN(C(=O)c2ccc(=O)oc2)C(CN)C1. The fourth-order valence-electron chi connectivity index (χ4n) is 2.64. The van der Waals surface area contributed by atoms with Crippen LogP contribution in [0.2, 0.25) is 0 Å². The molecule has 0 aromatic carbocycles. The summed E-state index contributed by atoms with van der Waals surface area (Å²) in [4.78, 5) is 25.1. The highest BCUT2D eigenvalue weighted by Crippen LogP contribution is 2.26. The highest BCUT2D eigenvalue weighted by molar-refractivity contribution is 5.94. The van der Waals surface area contributed by atoms with Gasteiger partial charge in [0.25, 0.3) is 5.91 Å². The van der Waals surface area contributed by atoms with Crippen LogP contribution in [-0.4, -0.2) is 29.9 Å². The number of nitrogens with zero attached hydrogens (tertiary/aromatic N) is 1. The summed E-state index contributed by atoms with van der Waals surface area (Å²) >= 11 is 0. The van der Waals surface area contributed by atoms with Gasteiger partial charge in [0.1, 0.15) is 6.26 Å². The van der Waals surface area contributed by atoms with Crippen molar-refractivity contribution in [1.29, 1.82) is 0 Å². The zero-order chi connectivity index (χ0) is 13.8. The second-order valence-electron chi connectivity index (χ2n) is 5.03. The molecule has 1 saturated heterocycles. The minimum absolute atomic E-state index is 0.0816. The van der Waals surface area contributed by atoms with E-state index in [-0.39, 0.29) is 11.9 Å². The molecule has 2 atom stereocenters. The van der Waals surface area contributed by atoms with Crippen LogP contribution in [0.4, 0.5) is 0 Å². The third-order valence-electron chi connectivity index (χ3n) is 3.88. The molecule has 1 aromatic rings. The smallest absolute Gasteiger partial charge is 0.335 e. The van der Waals surface area contributed by atoms with Crippen LogP contribution in [0.25, 0.3) is 0 Å². The van der Waals surface area contributed by atoms with E-state index in [1.165, 1.54) is 18.4 Å². The minimum atomic E-state index is -0.448. The number of rotatable bonds is 3. The monoisotopic (exact) mass is 264 g/mol. The van der Waals surface area contributed by atoms with Crippen molar-refractivity contribution in [1.82, 2.24) is 4.90 Å². The van der Waals surface area contributed by atoms with Crippen molar-refractivity contribution >= 4 is 5.91 Å². The highest BCUT2D eigenvalue weighted by Gasteiger charge is 2.30. The van der Waals surface area contributed by atoms with Gasteiger partial charge in [0, 0.05) is 25.2 Å². The molecule has 1 amide bonds. The Bertz CT molecular complexity index is 477. The van der Waals surface area contributed by atoms with Gasteiger partial charge in [0.05, 0.1) is 5.56 Å². The van der Waals surface area contributed by atoms with Gasteiger partial charge in [-0.25, -0.2) is 4.79 Å². The molecule has 0 aliphatic carbocycles. The van der Waals surface area contributed by atoms with E-state index < -0.39 is 5.63 Å². The maximum atomic E-state index is 12.4. The lowest BCUT2D eigenvalue weighted by atomic mass is 9.88. The molecule has 5 nitrogen and oxygen atoms in total. The standard InChI is InChI=1S/C14H20N2O3/c1-2-10-5-6-16(12(7-10)8-15)14(18)11-3-4-13(17)19-9-11/h3-4,9-10,12H,2,5-8,15H2,1H3. The van der Waals surface area contributed by atoms with Gasteiger partial charge in [0.15, 0.2) is 0 Å². The molecule has 1 fully saturated rings. The van der Waals surface area contributed by atoms with Crippen LogP contribution in [0.3, 0.4) is 0 Å². The van der Waals surface area contributed by atoms with E-state index in [1.807, 2.05) is 4.90 Å². The first-order valence-corrected chi connectivity index (χ1v) is 6.75. The first-order chi connectivity index (χ1) is 9.15. The van der Waals surface area contributed by atoms with Crippen molar-refractivity contribution in [3.63, 3.8) is 0 Å². The normalized spacial score (nSPS) is 23.4. The lowest BCUT2D eigenvalue weighted by Gasteiger charge is -2.38. The van der Waals surface area contributed by atoms with Crippen LogP contribution in [0.1, 0.15) is 36.5 Å². The van der Waals surface area contributed by atoms with Gasteiger partial charge in [-0.15, -0.1) is 0 Å². The van der Waals surface area contributed by atoms with Crippen LogP contribution in [0, 0.1) is 5.92 Å². The van der Waals surface area contributed by atoms with E-state index in [4.69, 9.17) is 10.2 Å². The predicted molar refractivity (Wildman–Crippen MR) is 71.9 cm³/mol. The van der Waals surface area contributed by atoms with Crippen molar-refractivity contribution < 1.29 is 9.21 Å². The Morgan fingerprint density at radius 3 is 2.89 bits per heavy atom. The molecule has 0 bridgehead atoms. The Balaban J connectivity index is 2.13. The topological polar surface area (TPSA) is 76.5 Å². The molecular formula is C14H20N2O3.